The largest absolute Gasteiger partial charge is 0.431 e. The van der Waals surface area contributed by atoms with Crippen molar-refractivity contribution in [1.82, 2.24) is 15.3 Å². The number of fused-ring (bicyclic) bond motifs is 1. The van der Waals surface area contributed by atoms with E-state index in [4.69, 9.17) is 16.0 Å². The number of benzene rings is 2. The van der Waals surface area contributed by atoms with Gasteiger partial charge in [-0.05, 0) is 42.9 Å². The van der Waals surface area contributed by atoms with Crippen LogP contribution in [0.4, 0.5) is 5.69 Å². The lowest BCUT2D eigenvalue weighted by atomic mass is 10.2. The summed E-state index contributed by atoms with van der Waals surface area (Å²) in [5.74, 6) is -0.0779. The van der Waals surface area contributed by atoms with Crippen LogP contribution in [0.15, 0.2) is 57.2 Å². The van der Waals surface area contributed by atoms with E-state index in [2.05, 4.69) is 44.5 Å². The van der Waals surface area contributed by atoms with Crippen molar-refractivity contribution in [1.29, 1.82) is 0 Å². The third-order valence-electron chi connectivity index (χ3n) is 4.82. The summed E-state index contributed by atoms with van der Waals surface area (Å²) in [5, 5.41) is 5.05. The summed E-state index contributed by atoms with van der Waals surface area (Å²) in [4.78, 5) is 21.0. The molecule has 4 rings (SSSR count). The van der Waals surface area contributed by atoms with Crippen molar-refractivity contribution in [3.05, 3.63) is 53.1 Å². The molecular weight excluding hydrogens is 422 g/mol. The van der Waals surface area contributed by atoms with Crippen LogP contribution in [0.5, 0.6) is 0 Å². The number of nitrogens with zero attached hydrogens (tertiary/aromatic N) is 4. The molecule has 1 saturated heterocycles. The zero-order valence-electron chi connectivity index (χ0n) is 16.5. The van der Waals surface area contributed by atoms with Gasteiger partial charge in [0.25, 0.3) is 11.1 Å². The number of carbonyl (C=O) groups excluding carboxylic acids is 1. The van der Waals surface area contributed by atoms with E-state index in [1.54, 1.807) is 24.4 Å². The minimum Gasteiger partial charge on any atom is -0.431 e. The highest BCUT2D eigenvalue weighted by molar-refractivity contribution is 7.99. The first kappa shape index (κ1) is 20.7. The first-order chi connectivity index (χ1) is 14.6. The van der Waals surface area contributed by atoms with Crippen LogP contribution in [0.3, 0.4) is 0 Å². The minimum atomic E-state index is -0.231. The summed E-state index contributed by atoms with van der Waals surface area (Å²) in [7, 11) is 2.15. The third-order valence-corrected chi connectivity index (χ3v) is 5.88. The number of hydrogen-bond acceptors (Lipinski definition) is 7. The molecule has 2 aromatic carbocycles. The maximum atomic E-state index is 12.0. The zero-order valence-corrected chi connectivity index (χ0v) is 18.1. The number of thioether (sulfide) groups is 1. The van der Waals surface area contributed by atoms with Crippen molar-refractivity contribution < 1.29 is 9.21 Å². The molecule has 30 heavy (non-hydrogen) atoms. The molecule has 9 heteroatoms. The number of anilines is 1. The van der Waals surface area contributed by atoms with Gasteiger partial charge in [0, 0.05) is 36.9 Å². The highest BCUT2D eigenvalue weighted by atomic mass is 35.5. The number of aromatic nitrogens is 1. The van der Waals surface area contributed by atoms with Gasteiger partial charge >= 0.3 is 0 Å². The van der Waals surface area contributed by atoms with Crippen LogP contribution < -0.4 is 10.3 Å². The molecule has 2 heterocycles. The fourth-order valence-corrected chi connectivity index (χ4v) is 3.91. The number of amides is 1. The molecule has 1 N–H and O–H groups in total. The number of carbonyl (C=O) groups is 1. The van der Waals surface area contributed by atoms with E-state index in [1.807, 2.05) is 12.1 Å². The predicted octanol–water partition coefficient (Wildman–Crippen LogP) is 3.48. The van der Waals surface area contributed by atoms with Gasteiger partial charge in [-0.1, -0.05) is 35.5 Å². The van der Waals surface area contributed by atoms with Gasteiger partial charge < -0.3 is 14.2 Å². The Balaban J connectivity index is 1.25. The van der Waals surface area contributed by atoms with E-state index >= 15 is 0 Å². The van der Waals surface area contributed by atoms with Gasteiger partial charge in [0.2, 0.25) is 0 Å². The van der Waals surface area contributed by atoms with Crippen molar-refractivity contribution in [2.75, 3.05) is 43.9 Å². The summed E-state index contributed by atoms with van der Waals surface area (Å²) < 4.78 is 5.58. The van der Waals surface area contributed by atoms with Crippen LogP contribution in [0.2, 0.25) is 5.02 Å². The van der Waals surface area contributed by atoms with E-state index in [0.717, 1.165) is 31.7 Å². The molecule has 0 spiro atoms. The molecule has 1 aromatic heterocycles. The standard InChI is InChI=1S/C21H22ClN5O2S/c1-26-8-10-27(11-9-26)17-5-2-15(3-6-17)13-23-25-20(28)14-30-21-24-18-12-16(22)4-7-19(18)29-21/h2-7,12-13H,8-11,14H2,1H3,(H,25,28)/b23-13+. The number of hydrazone groups is 1. The Bertz CT molecular complexity index is 1050. The quantitative estimate of drug-likeness (QED) is 0.357. The summed E-state index contributed by atoms with van der Waals surface area (Å²) >= 11 is 7.15. The topological polar surface area (TPSA) is 74.0 Å². The highest BCUT2D eigenvalue weighted by Crippen LogP contribution is 2.25. The molecule has 7 nitrogen and oxygen atoms in total. The highest BCUT2D eigenvalue weighted by Gasteiger charge is 2.14. The van der Waals surface area contributed by atoms with Gasteiger partial charge in [-0.2, -0.15) is 5.10 Å². The van der Waals surface area contributed by atoms with Crippen molar-refractivity contribution >= 4 is 52.3 Å². The molecule has 156 valence electrons. The maximum absolute atomic E-state index is 12.0. The van der Waals surface area contributed by atoms with Crippen LogP contribution in [0.25, 0.3) is 11.1 Å². The van der Waals surface area contributed by atoms with Crippen molar-refractivity contribution in [3.63, 3.8) is 0 Å². The van der Waals surface area contributed by atoms with Crippen molar-refractivity contribution in [2.45, 2.75) is 5.22 Å². The predicted molar refractivity (Wildman–Crippen MR) is 122 cm³/mol. The summed E-state index contributed by atoms with van der Waals surface area (Å²) in [6, 6.07) is 13.4. The second kappa shape index (κ2) is 9.51. The molecule has 0 atom stereocenters. The number of oxazole rings is 1. The fourth-order valence-electron chi connectivity index (χ4n) is 3.12. The van der Waals surface area contributed by atoms with Crippen LogP contribution in [-0.2, 0) is 4.79 Å². The smallest absolute Gasteiger partial charge is 0.257 e. The maximum Gasteiger partial charge on any atom is 0.257 e. The molecule has 1 fully saturated rings. The molecule has 0 bridgehead atoms. The van der Waals surface area contributed by atoms with E-state index in [0.29, 0.717) is 21.3 Å². The van der Waals surface area contributed by atoms with Crippen molar-refractivity contribution in [3.8, 4) is 0 Å². The lowest BCUT2D eigenvalue weighted by molar-refractivity contribution is -0.118. The Labute approximate surface area is 184 Å². The first-order valence-electron chi connectivity index (χ1n) is 9.61. The van der Waals surface area contributed by atoms with Gasteiger partial charge in [0.05, 0.1) is 12.0 Å². The van der Waals surface area contributed by atoms with E-state index in [-0.39, 0.29) is 11.7 Å². The summed E-state index contributed by atoms with van der Waals surface area (Å²) in [6.07, 6.45) is 1.64. The number of likely N-dealkylation sites (N-methyl/N-ethyl adjacent to an activating group) is 1. The van der Waals surface area contributed by atoms with Crippen LogP contribution >= 0.6 is 23.4 Å². The van der Waals surface area contributed by atoms with E-state index < -0.39 is 0 Å². The van der Waals surface area contributed by atoms with E-state index in [1.165, 1.54) is 17.4 Å². The van der Waals surface area contributed by atoms with Gasteiger partial charge in [-0.15, -0.1) is 0 Å². The Morgan fingerprint density at radius 2 is 2.00 bits per heavy atom. The normalized spacial score (nSPS) is 15.2. The lowest BCUT2D eigenvalue weighted by Gasteiger charge is -2.34. The van der Waals surface area contributed by atoms with Crippen molar-refractivity contribution in [2.24, 2.45) is 5.10 Å². The molecule has 1 aliphatic heterocycles. The lowest BCUT2D eigenvalue weighted by Crippen LogP contribution is -2.44. The molecule has 0 unspecified atom stereocenters. The monoisotopic (exact) mass is 443 g/mol. The van der Waals surface area contributed by atoms with Crippen LogP contribution in [0.1, 0.15) is 5.56 Å². The number of piperazine rings is 1. The molecule has 1 amide bonds. The molecule has 1 aliphatic rings. The Morgan fingerprint density at radius 3 is 2.77 bits per heavy atom. The molecule has 0 saturated carbocycles. The van der Waals surface area contributed by atoms with Crippen LogP contribution in [0, 0.1) is 0 Å². The zero-order chi connectivity index (χ0) is 20.9. The Morgan fingerprint density at radius 1 is 1.23 bits per heavy atom. The van der Waals surface area contributed by atoms with Crippen LogP contribution in [-0.4, -0.2) is 61.0 Å². The Kier molecular flexibility index (Phi) is 6.56. The molecular formula is C21H22ClN5O2S. The fraction of sp³-hybridized carbons (Fsp3) is 0.286. The first-order valence-corrected chi connectivity index (χ1v) is 11.0. The number of rotatable bonds is 6. The van der Waals surface area contributed by atoms with Gasteiger partial charge in [-0.3, -0.25) is 4.79 Å². The Hall–Kier alpha value is -2.55. The SMILES string of the molecule is CN1CCN(c2ccc(/C=N/NC(=O)CSc3nc4cc(Cl)ccc4o3)cc2)CC1. The summed E-state index contributed by atoms with van der Waals surface area (Å²) in [5.41, 5.74) is 5.98. The number of halogens is 1. The molecule has 3 aromatic rings. The minimum absolute atomic E-state index is 0.153. The van der Waals surface area contributed by atoms with Gasteiger partial charge in [-0.25, -0.2) is 10.4 Å². The second-order valence-corrected chi connectivity index (χ2v) is 8.42. The van der Waals surface area contributed by atoms with Gasteiger partial charge in [0.1, 0.15) is 5.52 Å². The van der Waals surface area contributed by atoms with E-state index in [9.17, 15) is 4.79 Å². The number of hydrogen-bond donors (Lipinski definition) is 1. The second-order valence-electron chi connectivity index (χ2n) is 7.06. The average Bonchev–Trinajstić information content (AvgIpc) is 3.15. The molecule has 0 aliphatic carbocycles. The third kappa shape index (κ3) is 5.33. The molecule has 0 radical (unpaired) electrons. The number of nitrogens with one attached hydrogen (secondary N) is 1. The average molecular weight is 444 g/mol. The van der Waals surface area contributed by atoms with Gasteiger partial charge in [0.15, 0.2) is 5.58 Å². The summed E-state index contributed by atoms with van der Waals surface area (Å²) in [6.45, 7) is 4.21.